The zero-order valence-corrected chi connectivity index (χ0v) is 45.0. The Morgan fingerprint density at radius 1 is 0.364 bits per heavy atom. The van der Waals surface area contributed by atoms with Crippen LogP contribution in [0.5, 0.6) is 0 Å². The molecule has 0 bridgehead atoms. The van der Waals surface area contributed by atoms with Gasteiger partial charge in [0.05, 0.1) is 25.4 Å². The van der Waals surface area contributed by atoms with Crippen LogP contribution in [0.1, 0.15) is 348 Å². The maximum absolute atomic E-state index is 12.5. The van der Waals surface area contributed by atoms with Crippen LogP contribution in [0.15, 0.2) is 0 Å². The number of unbranched alkanes of at least 4 members (excludes halogenated alkanes) is 46. The topological polar surface area (TPSA) is 95.9 Å². The Morgan fingerprint density at radius 2 is 0.621 bits per heavy atom. The van der Waals surface area contributed by atoms with Crippen LogP contribution < -0.4 is 5.32 Å². The summed E-state index contributed by atoms with van der Waals surface area (Å²) in [6, 6.07) is -0.542. The highest BCUT2D eigenvalue weighted by atomic mass is 16.5. The van der Waals surface area contributed by atoms with Crippen molar-refractivity contribution in [1.29, 1.82) is 0 Å². The van der Waals surface area contributed by atoms with Gasteiger partial charge in [0.25, 0.3) is 0 Å². The summed E-state index contributed by atoms with van der Waals surface area (Å²) in [5.74, 6) is -0.0217. The summed E-state index contributed by atoms with van der Waals surface area (Å²) in [5, 5.41) is 23.3. The molecule has 0 saturated carbocycles. The number of aliphatic hydroxyl groups is 2. The lowest BCUT2D eigenvalue weighted by molar-refractivity contribution is -0.143. The molecule has 0 radical (unpaired) electrons. The third-order valence-electron chi connectivity index (χ3n) is 14.4. The normalized spacial score (nSPS) is 12.5. The molecule has 2 unspecified atom stereocenters. The standard InChI is InChI=1S/C60H119NO5/c1-3-5-7-9-11-13-15-17-19-26-30-34-38-42-46-50-54-60(65)66-55-51-47-43-39-35-31-27-24-22-20-21-23-25-29-33-37-41-45-49-53-59(64)61-57(56-62)58(63)52-48-44-40-36-32-28-18-16-14-12-10-8-6-4-2/h57-58,62-63H,3-56H2,1-2H3,(H,61,64). The second-order valence-corrected chi connectivity index (χ2v) is 21.1. The summed E-state index contributed by atoms with van der Waals surface area (Å²) in [6.07, 6.45) is 65.3. The largest absolute Gasteiger partial charge is 0.466 e. The SMILES string of the molecule is CCCCCCCCCCCCCCCCCCC(=O)OCCCCCCCCCCCCCCCCCCCCCC(=O)NC(CO)C(O)CCCCCCCCCCCCCCCC. The zero-order chi connectivity index (χ0) is 47.9. The van der Waals surface area contributed by atoms with Crippen molar-refractivity contribution < 1.29 is 24.5 Å². The fraction of sp³-hybridized carbons (Fsp3) is 0.967. The molecule has 394 valence electrons. The summed E-state index contributed by atoms with van der Waals surface area (Å²) in [4.78, 5) is 24.5. The fourth-order valence-corrected chi connectivity index (χ4v) is 9.76. The van der Waals surface area contributed by atoms with Crippen molar-refractivity contribution in [3.63, 3.8) is 0 Å². The molecular weight excluding hydrogens is 815 g/mol. The molecule has 0 aromatic rings. The number of hydrogen-bond donors (Lipinski definition) is 3. The van der Waals surface area contributed by atoms with Crippen LogP contribution in [-0.4, -0.2) is 47.4 Å². The molecular formula is C60H119NO5. The van der Waals surface area contributed by atoms with E-state index in [-0.39, 0.29) is 18.5 Å². The smallest absolute Gasteiger partial charge is 0.305 e. The van der Waals surface area contributed by atoms with E-state index in [0.29, 0.717) is 25.9 Å². The van der Waals surface area contributed by atoms with E-state index >= 15 is 0 Å². The predicted molar refractivity (Wildman–Crippen MR) is 287 cm³/mol. The van der Waals surface area contributed by atoms with Crippen molar-refractivity contribution in [2.75, 3.05) is 13.2 Å². The first-order valence-electron chi connectivity index (χ1n) is 30.3. The van der Waals surface area contributed by atoms with E-state index in [1.165, 1.54) is 276 Å². The average molecular weight is 935 g/mol. The summed E-state index contributed by atoms with van der Waals surface area (Å²) in [5.41, 5.74) is 0. The van der Waals surface area contributed by atoms with E-state index in [1.54, 1.807) is 0 Å². The third-order valence-corrected chi connectivity index (χ3v) is 14.4. The molecule has 0 saturated heterocycles. The molecule has 0 aromatic heterocycles. The van der Waals surface area contributed by atoms with Gasteiger partial charge in [-0.2, -0.15) is 0 Å². The maximum atomic E-state index is 12.5. The lowest BCUT2D eigenvalue weighted by Gasteiger charge is -2.22. The number of rotatable bonds is 57. The Labute approximate surface area is 413 Å². The molecule has 0 aromatic carbocycles. The van der Waals surface area contributed by atoms with E-state index < -0.39 is 12.1 Å². The Balaban J connectivity index is 3.36. The number of ether oxygens (including phenoxy) is 1. The molecule has 2 atom stereocenters. The highest BCUT2D eigenvalue weighted by Crippen LogP contribution is 2.18. The van der Waals surface area contributed by atoms with Gasteiger partial charge in [-0.1, -0.05) is 309 Å². The minimum Gasteiger partial charge on any atom is -0.466 e. The summed E-state index contributed by atoms with van der Waals surface area (Å²) in [6.45, 7) is 4.98. The first kappa shape index (κ1) is 64.9. The van der Waals surface area contributed by atoms with Crippen LogP contribution in [0.2, 0.25) is 0 Å². The Morgan fingerprint density at radius 3 is 0.924 bits per heavy atom. The van der Waals surface area contributed by atoms with Gasteiger partial charge < -0.3 is 20.3 Å². The van der Waals surface area contributed by atoms with Crippen LogP contribution in [0.3, 0.4) is 0 Å². The van der Waals surface area contributed by atoms with Gasteiger partial charge in [-0.05, 0) is 25.7 Å². The highest BCUT2D eigenvalue weighted by Gasteiger charge is 2.20. The van der Waals surface area contributed by atoms with Gasteiger partial charge in [0, 0.05) is 12.8 Å². The number of carbonyl (C=O) groups excluding carboxylic acids is 2. The fourth-order valence-electron chi connectivity index (χ4n) is 9.76. The van der Waals surface area contributed by atoms with Gasteiger partial charge in [-0.25, -0.2) is 0 Å². The maximum Gasteiger partial charge on any atom is 0.305 e. The number of esters is 1. The number of carbonyl (C=O) groups is 2. The van der Waals surface area contributed by atoms with Crippen molar-refractivity contribution in [1.82, 2.24) is 5.32 Å². The van der Waals surface area contributed by atoms with E-state index in [2.05, 4.69) is 19.2 Å². The van der Waals surface area contributed by atoms with Crippen molar-refractivity contribution in [3.8, 4) is 0 Å². The molecule has 0 fully saturated rings. The lowest BCUT2D eigenvalue weighted by Crippen LogP contribution is -2.45. The molecule has 6 nitrogen and oxygen atoms in total. The Bertz CT molecular complexity index is 944. The van der Waals surface area contributed by atoms with Crippen LogP contribution >= 0.6 is 0 Å². The first-order chi connectivity index (χ1) is 32.5. The second kappa shape index (κ2) is 56.4. The minimum absolute atomic E-state index is 0.0135. The van der Waals surface area contributed by atoms with E-state index in [0.717, 1.165) is 38.5 Å². The quantitative estimate of drug-likeness (QED) is 0.0417. The number of nitrogens with one attached hydrogen (secondary N) is 1. The molecule has 0 aliphatic rings. The zero-order valence-electron chi connectivity index (χ0n) is 45.0. The van der Waals surface area contributed by atoms with Gasteiger partial charge in [0.1, 0.15) is 0 Å². The summed E-state index contributed by atoms with van der Waals surface area (Å²) >= 11 is 0. The number of aliphatic hydroxyl groups excluding tert-OH is 2. The highest BCUT2D eigenvalue weighted by molar-refractivity contribution is 5.76. The molecule has 0 spiro atoms. The van der Waals surface area contributed by atoms with Gasteiger partial charge in [0.15, 0.2) is 0 Å². The van der Waals surface area contributed by atoms with Crippen molar-refractivity contribution in [3.05, 3.63) is 0 Å². The number of amides is 1. The van der Waals surface area contributed by atoms with Gasteiger partial charge >= 0.3 is 5.97 Å². The monoisotopic (exact) mass is 934 g/mol. The average Bonchev–Trinajstić information content (AvgIpc) is 3.32. The van der Waals surface area contributed by atoms with E-state index in [9.17, 15) is 19.8 Å². The molecule has 6 heteroatoms. The van der Waals surface area contributed by atoms with Crippen molar-refractivity contribution >= 4 is 11.9 Å². The van der Waals surface area contributed by atoms with Gasteiger partial charge in [0.2, 0.25) is 5.91 Å². The number of hydrogen-bond acceptors (Lipinski definition) is 5. The van der Waals surface area contributed by atoms with Crippen LogP contribution in [0, 0.1) is 0 Å². The first-order valence-corrected chi connectivity index (χ1v) is 30.3. The van der Waals surface area contributed by atoms with Gasteiger partial charge in [-0.15, -0.1) is 0 Å². The predicted octanol–water partition coefficient (Wildman–Crippen LogP) is 18.7. The molecule has 3 N–H and O–H groups in total. The molecule has 0 heterocycles. The Hall–Kier alpha value is -1.14. The van der Waals surface area contributed by atoms with Crippen LogP contribution in [0.25, 0.3) is 0 Å². The molecule has 0 aliphatic carbocycles. The minimum atomic E-state index is -0.664. The molecule has 1 amide bonds. The molecule has 66 heavy (non-hydrogen) atoms. The van der Waals surface area contributed by atoms with Gasteiger partial charge in [-0.3, -0.25) is 9.59 Å². The Kier molecular flexibility index (Phi) is 55.5. The molecule has 0 rings (SSSR count). The third kappa shape index (κ3) is 52.2. The summed E-state index contributed by atoms with van der Waals surface area (Å²) in [7, 11) is 0. The second-order valence-electron chi connectivity index (χ2n) is 21.1. The summed E-state index contributed by atoms with van der Waals surface area (Å²) < 4.78 is 5.49. The van der Waals surface area contributed by atoms with Crippen molar-refractivity contribution in [2.45, 2.75) is 360 Å². The lowest BCUT2D eigenvalue weighted by atomic mass is 10.0. The van der Waals surface area contributed by atoms with Crippen LogP contribution in [0.4, 0.5) is 0 Å². The van der Waals surface area contributed by atoms with E-state index in [4.69, 9.17) is 4.74 Å². The van der Waals surface area contributed by atoms with E-state index in [1.807, 2.05) is 0 Å². The van der Waals surface area contributed by atoms with Crippen LogP contribution in [-0.2, 0) is 14.3 Å². The molecule has 0 aliphatic heterocycles. The van der Waals surface area contributed by atoms with Crippen molar-refractivity contribution in [2.24, 2.45) is 0 Å².